The van der Waals surface area contributed by atoms with Crippen LogP contribution in [0.25, 0.3) is 32.7 Å². The van der Waals surface area contributed by atoms with Gasteiger partial charge in [0.05, 0.1) is 0 Å². The Kier molecular flexibility index (Phi) is 7.63. The summed E-state index contributed by atoms with van der Waals surface area (Å²) < 4.78 is 0. The Morgan fingerprint density at radius 1 is 0.373 bits per heavy atom. The summed E-state index contributed by atoms with van der Waals surface area (Å²) in [5.41, 5.74) is 6.24. The molecule has 8 aromatic rings. The Labute approximate surface area is 298 Å². The maximum Gasteiger partial charge on any atom is 0.140 e. The van der Waals surface area contributed by atoms with Gasteiger partial charge in [-0.15, -0.1) is 0 Å². The van der Waals surface area contributed by atoms with Crippen molar-refractivity contribution in [2.75, 3.05) is 0 Å². The third-order valence-corrected chi connectivity index (χ3v) is 10.7. The average molecular weight is 660 g/mol. The lowest BCUT2D eigenvalue weighted by molar-refractivity contribution is 0.124. The molecule has 0 bridgehead atoms. The highest BCUT2D eigenvalue weighted by Gasteiger charge is 2.41. The standard InChI is InChI=1S/C48H37NO2/c50-47(35-19-5-1-6-20-35,36-21-7-2-8-22-36)43-29-33-17-13-15-27-39(33)45-41(43)31-49-32-42-44(30-34-18-14-16-28-40(34)46(42)45)48(51,37-23-9-3-10-24-37)38-25-11-4-12-26-38/h1-30,49-51H,31-32H2. The molecule has 51 heavy (non-hydrogen) atoms. The van der Waals surface area contributed by atoms with Crippen molar-refractivity contribution < 1.29 is 10.2 Å². The van der Waals surface area contributed by atoms with Crippen molar-refractivity contribution >= 4 is 21.5 Å². The van der Waals surface area contributed by atoms with E-state index in [9.17, 15) is 10.2 Å². The molecule has 0 saturated heterocycles. The third-order valence-electron chi connectivity index (χ3n) is 10.7. The van der Waals surface area contributed by atoms with E-state index in [1.165, 1.54) is 0 Å². The monoisotopic (exact) mass is 659 g/mol. The second-order valence-corrected chi connectivity index (χ2v) is 13.5. The Bertz CT molecular complexity index is 2250. The van der Waals surface area contributed by atoms with Crippen LogP contribution < -0.4 is 5.32 Å². The van der Waals surface area contributed by atoms with Crippen molar-refractivity contribution in [1.29, 1.82) is 0 Å². The summed E-state index contributed by atoms with van der Waals surface area (Å²) >= 11 is 0. The van der Waals surface area contributed by atoms with Crippen LogP contribution in [0, 0.1) is 0 Å². The minimum atomic E-state index is -1.44. The molecule has 0 aromatic heterocycles. The van der Waals surface area contributed by atoms with Crippen molar-refractivity contribution in [3.63, 3.8) is 0 Å². The van der Waals surface area contributed by atoms with Gasteiger partial charge in [-0.05, 0) is 89.3 Å². The molecule has 0 amide bonds. The summed E-state index contributed by atoms with van der Waals surface area (Å²) in [7, 11) is 0. The average Bonchev–Trinajstić information content (AvgIpc) is 3.42. The van der Waals surface area contributed by atoms with Crippen molar-refractivity contribution in [2.45, 2.75) is 24.3 Å². The van der Waals surface area contributed by atoms with Crippen LogP contribution in [0.4, 0.5) is 0 Å². The first kappa shape index (κ1) is 31.2. The second kappa shape index (κ2) is 12.5. The minimum Gasteiger partial charge on any atom is -0.376 e. The van der Waals surface area contributed by atoms with Crippen LogP contribution >= 0.6 is 0 Å². The molecule has 246 valence electrons. The van der Waals surface area contributed by atoms with Gasteiger partial charge in [0.1, 0.15) is 11.2 Å². The van der Waals surface area contributed by atoms with E-state index in [0.717, 1.165) is 77.2 Å². The number of benzene rings is 8. The van der Waals surface area contributed by atoms with Gasteiger partial charge in [-0.25, -0.2) is 0 Å². The van der Waals surface area contributed by atoms with E-state index in [1.54, 1.807) is 0 Å². The zero-order valence-electron chi connectivity index (χ0n) is 28.1. The Morgan fingerprint density at radius 2 is 0.667 bits per heavy atom. The Hall–Kier alpha value is -5.84. The number of fused-ring (bicyclic) bond motifs is 7. The van der Waals surface area contributed by atoms with Crippen molar-refractivity contribution in [2.24, 2.45) is 0 Å². The zero-order chi connectivity index (χ0) is 34.4. The van der Waals surface area contributed by atoms with Crippen LogP contribution in [-0.4, -0.2) is 10.2 Å². The molecular weight excluding hydrogens is 623 g/mol. The predicted molar refractivity (Wildman–Crippen MR) is 207 cm³/mol. The van der Waals surface area contributed by atoms with E-state index >= 15 is 0 Å². The van der Waals surface area contributed by atoms with E-state index < -0.39 is 11.2 Å². The number of hydrogen-bond donors (Lipinski definition) is 3. The third kappa shape index (κ3) is 4.93. The topological polar surface area (TPSA) is 52.5 Å². The minimum absolute atomic E-state index is 0.523. The molecule has 0 spiro atoms. The van der Waals surface area contributed by atoms with Crippen molar-refractivity contribution in [3.05, 3.63) is 226 Å². The summed E-state index contributed by atoms with van der Waals surface area (Å²) in [6.07, 6.45) is 0. The molecule has 0 radical (unpaired) electrons. The maximum atomic E-state index is 13.3. The quantitative estimate of drug-likeness (QED) is 0.156. The Morgan fingerprint density at radius 3 is 1.00 bits per heavy atom. The van der Waals surface area contributed by atoms with Gasteiger partial charge in [-0.3, -0.25) is 0 Å². The predicted octanol–water partition coefficient (Wildman–Crippen LogP) is 9.83. The first-order valence-corrected chi connectivity index (χ1v) is 17.6. The summed E-state index contributed by atoms with van der Waals surface area (Å²) in [6.45, 7) is 1.05. The van der Waals surface area contributed by atoms with Gasteiger partial charge in [0, 0.05) is 13.1 Å². The van der Waals surface area contributed by atoms with Gasteiger partial charge in [0.2, 0.25) is 0 Å². The molecule has 0 aliphatic carbocycles. The largest absolute Gasteiger partial charge is 0.376 e. The van der Waals surface area contributed by atoms with E-state index in [4.69, 9.17) is 0 Å². The summed E-state index contributed by atoms with van der Waals surface area (Å²) in [6, 6.07) is 61.3. The number of rotatable bonds is 6. The fraction of sp³-hybridized carbons (Fsp3) is 0.0833. The van der Waals surface area contributed by atoms with Crippen molar-refractivity contribution in [3.8, 4) is 11.1 Å². The van der Waals surface area contributed by atoms with Gasteiger partial charge in [-0.1, -0.05) is 170 Å². The van der Waals surface area contributed by atoms with Gasteiger partial charge < -0.3 is 15.5 Å². The second-order valence-electron chi connectivity index (χ2n) is 13.5. The highest BCUT2D eigenvalue weighted by atomic mass is 16.3. The molecular formula is C48H37NO2. The molecule has 3 nitrogen and oxygen atoms in total. The van der Waals surface area contributed by atoms with Gasteiger partial charge >= 0.3 is 0 Å². The molecule has 3 N–H and O–H groups in total. The molecule has 1 aliphatic heterocycles. The fourth-order valence-electron chi connectivity index (χ4n) is 8.35. The lowest BCUT2D eigenvalue weighted by Crippen LogP contribution is -2.31. The first-order valence-electron chi connectivity index (χ1n) is 17.6. The Balaban J connectivity index is 1.45. The van der Waals surface area contributed by atoms with Crippen LogP contribution in [0.1, 0.15) is 44.5 Å². The molecule has 0 saturated carbocycles. The van der Waals surface area contributed by atoms with E-state index in [2.05, 4.69) is 66.0 Å². The molecule has 0 atom stereocenters. The summed E-state index contributed by atoms with van der Waals surface area (Å²) in [5, 5.41) is 34.7. The van der Waals surface area contributed by atoms with Gasteiger partial charge in [0.15, 0.2) is 0 Å². The number of nitrogens with one attached hydrogen (secondary N) is 1. The normalized spacial score (nSPS) is 13.1. The summed E-state index contributed by atoms with van der Waals surface area (Å²) in [5.74, 6) is 0. The van der Waals surface area contributed by atoms with Crippen LogP contribution in [0.3, 0.4) is 0 Å². The zero-order valence-corrected chi connectivity index (χ0v) is 28.1. The molecule has 8 aromatic carbocycles. The first-order chi connectivity index (χ1) is 25.1. The van der Waals surface area contributed by atoms with E-state index in [1.807, 2.05) is 121 Å². The fourth-order valence-corrected chi connectivity index (χ4v) is 8.35. The van der Waals surface area contributed by atoms with Gasteiger partial charge in [0.25, 0.3) is 0 Å². The SMILES string of the molecule is OC(c1ccccc1)(c1ccccc1)c1cc2ccccc2c2c1CNCc1c(C(O)(c3ccccc3)c3ccccc3)cc3ccccc3c1-2. The molecule has 0 fully saturated rings. The highest BCUT2D eigenvalue weighted by molar-refractivity contribution is 6.09. The maximum absolute atomic E-state index is 13.3. The lowest BCUT2D eigenvalue weighted by Gasteiger charge is -2.34. The number of hydrogen-bond acceptors (Lipinski definition) is 3. The van der Waals surface area contributed by atoms with Crippen molar-refractivity contribution in [1.82, 2.24) is 5.32 Å². The molecule has 0 unspecified atom stereocenters. The lowest BCUT2D eigenvalue weighted by atomic mass is 9.73. The van der Waals surface area contributed by atoms with Crippen LogP contribution in [0.5, 0.6) is 0 Å². The smallest absolute Gasteiger partial charge is 0.140 e. The van der Waals surface area contributed by atoms with Gasteiger partial charge in [-0.2, -0.15) is 0 Å². The molecule has 3 heteroatoms. The molecule has 9 rings (SSSR count). The van der Waals surface area contributed by atoms with Crippen LogP contribution in [-0.2, 0) is 24.3 Å². The van der Waals surface area contributed by atoms with E-state index in [-0.39, 0.29) is 0 Å². The van der Waals surface area contributed by atoms with Crippen LogP contribution in [0.15, 0.2) is 182 Å². The van der Waals surface area contributed by atoms with E-state index in [0.29, 0.717) is 13.1 Å². The van der Waals surface area contributed by atoms with Crippen LogP contribution in [0.2, 0.25) is 0 Å². The highest BCUT2D eigenvalue weighted by Crippen LogP contribution is 2.50. The molecule has 1 heterocycles. The summed E-state index contributed by atoms with van der Waals surface area (Å²) in [4.78, 5) is 0. The number of aliphatic hydroxyl groups is 2. The molecule has 1 aliphatic rings.